The zero-order chi connectivity index (χ0) is 25.7. The van der Waals surface area contributed by atoms with Crippen LogP contribution < -0.4 is 16.1 Å². The minimum absolute atomic E-state index is 0.0127. The lowest BCUT2D eigenvalue weighted by Gasteiger charge is -2.40. The second-order valence-corrected chi connectivity index (χ2v) is 8.78. The van der Waals surface area contributed by atoms with E-state index in [4.69, 9.17) is 35.1 Å². The molecule has 4 amide bonds. The number of fused-ring (bicyclic) bond motifs is 1. The Hall–Kier alpha value is -3.14. The molecule has 0 spiro atoms. The summed E-state index contributed by atoms with van der Waals surface area (Å²) in [6.45, 7) is -0.373. The number of hydrogen-bond donors (Lipinski definition) is 2. The third kappa shape index (κ3) is 4.35. The first-order chi connectivity index (χ1) is 16.3. The number of alkyl halides is 2. The maximum atomic E-state index is 14.5. The molecule has 6 radical (unpaired) electrons. The van der Waals surface area contributed by atoms with Gasteiger partial charge in [0.25, 0.3) is 11.8 Å². The van der Waals surface area contributed by atoms with E-state index in [9.17, 15) is 28.0 Å². The molecular weight excluding hydrogens is 476 g/mol. The highest BCUT2D eigenvalue weighted by molar-refractivity contribution is 6.45. The Balaban J connectivity index is 1.57. The standard InChI is InChI=1S/C22H15B3ClF2N3O4/c23-14-8-10(9-29-20(35)21(27,28)11-1-3-12(26)4-2-11)7-13-17(14)19(34)31(22(13,24)25)15-5-6-16(32)30-18(15)33/h1-4,7-8,15H,5-6,9H2,(H,29,35)(H,30,32,33). The summed E-state index contributed by atoms with van der Waals surface area (Å²) in [4.78, 5) is 50.1. The maximum absolute atomic E-state index is 14.5. The largest absolute Gasteiger partial charge is 0.349 e. The predicted octanol–water partition coefficient (Wildman–Crippen LogP) is 0.250. The first kappa shape index (κ1) is 25.0. The van der Waals surface area contributed by atoms with Crippen LogP contribution in [-0.2, 0) is 32.2 Å². The van der Waals surface area contributed by atoms with Gasteiger partial charge in [0, 0.05) is 29.1 Å². The smallest absolute Gasteiger partial charge is 0.346 e. The zero-order valence-electron chi connectivity index (χ0n) is 18.1. The SMILES string of the molecule is [B]c1cc(CNC(=O)C(F)(F)c2ccc(Cl)cc2)cc2c1C(=O)N(C1CCC(=O)NC1=O)C2([B])[B]. The van der Waals surface area contributed by atoms with Crippen molar-refractivity contribution in [2.75, 3.05) is 0 Å². The molecular formula is C22H15B3ClF2N3O4. The number of nitrogens with zero attached hydrogens (tertiary/aromatic N) is 1. The Morgan fingerprint density at radius 2 is 1.86 bits per heavy atom. The summed E-state index contributed by atoms with van der Waals surface area (Å²) >= 11 is 5.71. The number of rotatable bonds is 5. The van der Waals surface area contributed by atoms with Crippen molar-refractivity contribution < 1.29 is 28.0 Å². The van der Waals surface area contributed by atoms with Crippen LogP contribution in [-0.4, -0.2) is 58.1 Å². The van der Waals surface area contributed by atoms with Crippen LogP contribution >= 0.6 is 11.6 Å². The van der Waals surface area contributed by atoms with E-state index in [-0.39, 0.29) is 46.6 Å². The topological polar surface area (TPSA) is 95.6 Å². The van der Waals surface area contributed by atoms with Gasteiger partial charge in [-0.3, -0.25) is 24.5 Å². The number of carbonyl (C=O) groups is 4. The molecule has 1 fully saturated rings. The summed E-state index contributed by atoms with van der Waals surface area (Å²) < 4.78 is 29.1. The van der Waals surface area contributed by atoms with Crippen molar-refractivity contribution in [1.82, 2.24) is 15.5 Å². The van der Waals surface area contributed by atoms with Crippen LogP contribution in [0.3, 0.4) is 0 Å². The number of hydrogen-bond acceptors (Lipinski definition) is 4. The van der Waals surface area contributed by atoms with E-state index in [1.807, 2.05) is 0 Å². The summed E-state index contributed by atoms with van der Waals surface area (Å²) in [6, 6.07) is 6.14. The van der Waals surface area contributed by atoms with E-state index in [2.05, 4.69) is 10.6 Å². The quantitative estimate of drug-likeness (QED) is 0.463. The first-order valence-corrected chi connectivity index (χ1v) is 10.8. The highest BCUT2D eigenvalue weighted by atomic mass is 35.5. The molecule has 4 rings (SSSR count). The number of nitrogens with one attached hydrogen (secondary N) is 2. The Bertz CT molecular complexity index is 1260. The third-order valence-electron chi connectivity index (χ3n) is 5.96. The van der Waals surface area contributed by atoms with Gasteiger partial charge in [-0.1, -0.05) is 41.3 Å². The minimum atomic E-state index is -3.84. The molecule has 172 valence electrons. The average molecular weight is 491 g/mol. The molecule has 0 aromatic heterocycles. The van der Waals surface area contributed by atoms with Crippen molar-refractivity contribution in [3.8, 4) is 0 Å². The van der Waals surface area contributed by atoms with Crippen LogP contribution in [0.2, 0.25) is 5.02 Å². The molecule has 2 aromatic carbocycles. The second-order valence-electron chi connectivity index (χ2n) is 8.34. The maximum Gasteiger partial charge on any atom is 0.349 e. The number of benzene rings is 2. The Morgan fingerprint density at radius 3 is 2.49 bits per heavy atom. The van der Waals surface area contributed by atoms with Gasteiger partial charge in [0.2, 0.25) is 11.8 Å². The summed E-state index contributed by atoms with van der Waals surface area (Å²) in [5.74, 6) is -7.31. The lowest BCUT2D eigenvalue weighted by atomic mass is 9.57. The fourth-order valence-electron chi connectivity index (χ4n) is 4.21. The molecule has 35 heavy (non-hydrogen) atoms. The van der Waals surface area contributed by atoms with Crippen molar-refractivity contribution >= 4 is 64.2 Å². The molecule has 0 saturated carbocycles. The number of halogens is 3. The van der Waals surface area contributed by atoms with Crippen molar-refractivity contribution in [3.63, 3.8) is 0 Å². The molecule has 2 heterocycles. The van der Waals surface area contributed by atoms with Gasteiger partial charge < -0.3 is 10.2 Å². The summed E-state index contributed by atoms with van der Waals surface area (Å²) in [7, 11) is 18.5. The Morgan fingerprint density at radius 1 is 1.20 bits per heavy atom. The second kappa shape index (κ2) is 8.82. The average Bonchev–Trinajstić information content (AvgIpc) is 2.98. The highest BCUT2D eigenvalue weighted by Gasteiger charge is 2.49. The van der Waals surface area contributed by atoms with Crippen molar-refractivity contribution in [1.29, 1.82) is 0 Å². The van der Waals surface area contributed by atoms with E-state index in [0.717, 1.165) is 17.0 Å². The molecule has 0 bridgehead atoms. The molecule has 2 aliphatic heterocycles. The van der Waals surface area contributed by atoms with Crippen LogP contribution in [0.25, 0.3) is 0 Å². The van der Waals surface area contributed by atoms with Gasteiger partial charge in [-0.25, -0.2) is 0 Å². The van der Waals surface area contributed by atoms with E-state index in [1.165, 1.54) is 24.3 Å². The number of piperidine rings is 1. The van der Waals surface area contributed by atoms with Crippen LogP contribution in [0.1, 0.15) is 39.9 Å². The number of carbonyl (C=O) groups excluding carboxylic acids is 4. The molecule has 7 nitrogen and oxygen atoms in total. The lowest BCUT2D eigenvalue weighted by Crippen LogP contribution is -2.59. The monoisotopic (exact) mass is 491 g/mol. The summed E-state index contributed by atoms with van der Waals surface area (Å²) in [5, 5.41) is 2.54. The lowest BCUT2D eigenvalue weighted by molar-refractivity contribution is -0.147. The predicted molar refractivity (Wildman–Crippen MR) is 125 cm³/mol. The summed E-state index contributed by atoms with van der Waals surface area (Å²) in [6.07, 6.45) is 0.00432. The van der Waals surface area contributed by atoms with Gasteiger partial charge in [0.1, 0.15) is 13.9 Å². The van der Waals surface area contributed by atoms with E-state index in [0.29, 0.717) is 0 Å². The molecule has 2 aliphatic rings. The normalized spacial score (nSPS) is 19.3. The Kier molecular flexibility index (Phi) is 6.29. The Labute approximate surface area is 208 Å². The number of imide groups is 1. The molecule has 2 aromatic rings. The molecule has 1 atom stereocenters. The summed E-state index contributed by atoms with van der Waals surface area (Å²) in [5.41, 5.74) is -0.334. The first-order valence-electron chi connectivity index (χ1n) is 10.4. The third-order valence-corrected chi connectivity index (χ3v) is 6.21. The van der Waals surface area contributed by atoms with Gasteiger partial charge in [-0.05, 0) is 35.0 Å². The van der Waals surface area contributed by atoms with Crippen molar-refractivity contribution in [2.24, 2.45) is 0 Å². The molecule has 1 saturated heterocycles. The highest BCUT2D eigenvalue weighted by Crippen LogP contribution is 2.37. The fourth-order valence-corrected chi connectivity index (χ4v) is 4.34. The van der Waals surface area contributed by atoms with Crippen LogP contribution in [0, 0.1) is 0 Å². The molecule has 0 aliphatic carbocycles. The fraction of sp³-hybridized carbons (Fsp3) is 0.273. The molecule has 2 N–H and O–H groups in total. The van der Waals surface area contributed by atoms with Crippen LogP contribution in [0.5, 0.6) is 0 Å². The van der Waals surface area contributed by atoms with Crippen LogP contribution in [0.15, 0.2) is 36.4 Å². The molecule has 13 heteroatoms. The van der Waals surface area contributed by atoms with E-state index in [1.54, 1.807) is 0 Å². The van der Waals surface area contributed by atoms with Gasteiger partial charge in [0.05, 0.1) is 15.7 Å². The van der Waals surface area contributed by atoms with Gasteiger partial charge >= 0.3 is 5.92 Å². The van der Waals surface area contributed by atoms with Gasteiger partial charge in [-0.15, -0.1) is 0 Å². The number of amides is 4. The van der Waals surface area contributed by atoms with Crippen molar-refractivity contribution in [2.45, 2.75) is 36.7 Å². The van der Waals surface area contributed by atoms with E-state index >= 15 is 0 Å². The zero-order valence-corrected chi connectivity index (χ0v) is 18.9. The molecule has 1 unspecified atom stereocenters. The van der Waals surface area contributed by atoms with Gasteiger partial charge in [0.15, 0.2) is 0 Å². The van der Waals surface area contributed by atoms with Crippen LogP contribution in [0.4, 0.5) is 8.78 Å². The minimum Gasteiger partial charge on any atom is -0.346 e. The van der Waals surface area contributed by atoms with Crippen molar-refractivity contribution in [3.05, 3.63) is 63.7 Å². The van der Waals surface area contributed by atoms with E-state index < -0.39 is 46.5 Å². The van der Waals surface area contributed by atoms with Gasteiger partial charge in [-0.2, -0.15) is 8.78 Å².